The number of fused-ring (bicyclic) bond motifs is 2. The second kappa shape index (κ2) is 12.1. The number of aromatic nitrogens is 2. The Morgan fingerprint density at radius 2 is 1.27 bits per heavy atom. The van der Waals surface area contributed by atoms with Gasteiger partial charge in [-0.25, -0.2) is 4.79 Å². The summed E-state index contributed by atoms with van der Waals surface area (Å²) in [5, 5.41) is 8.28. The Bertz CT molecular complexity index is 1770. The van der Waals surface area contributed by atoms with Gasteiger partial charge in [0.05, 0.1) is 23.8 Å². The molecule has 0 saturated carbocycles. The van der Waals surface area contributed by atoms with Crippen LogP contribution in [0.5, 0.6) is 0 Å². The van der Waals surface area contributed by atoms with E-state index in [1.807, 2.05) is 48.0 Å². The number of carbonyl (C=O) groups is 1. The number of nitrogens with one attached hydrogen (secondary N) is 1. The van der Waals surface area contributed by atoms with Crippen molar-refractivity contribution in [2.24, 2.45) is 0 Å². The average molecular weight is 601 g/mol. The number of hydrogen-bond acceptors (Lipinski definition) is 4. The van der Waals surface area contributed by atoms with Crippen molar-refractivity contribution >= 4 is 16.9 Å². The van der Waals surface area contributed by atoms with Crippen LogP contribution in [0.1, 0.15) is 41.7 Å². The number of aryl methyl sites for hydroxylation is 1. The largest absolute Gasteiger partial charge is 0.342 e. The highest BCUT2D eigenvalue weighted by molar-refractivity contribution is 5.79. The van der Waals surface area contributed by atoms with Crippen LogP contribution in [0.25, 0.3) is 10.9 Å². The fourth-order valence-corrected chi connectivity index (χ4v) is 7.04. The maximum absolute atomic E-state index is 15.2. The molecule has 4 unspecified atom stereocenters. The van der Waals surface area contributed by atoms with E-state index in [9.17, 15) is 0 Å². The van der Waals surface area contributed by atoms with E-state index in [1.165, 1.54) is 5.56 Å². The number of carbonyl (C=O) groups excluding carboxylic acids is 1. The molecule has 0 radical (unpaired) electrons. The number of benzene rings is 4. The molecule has 2 amide bonds. The first-order valence-corrected chi connectivity index (χ1v) is 15.8. The van der Waals surface area contributed by atoms with Gasteiger partial charge >= 0.3 is 6.03 Å². The van der Waals surface area contributed by atoms with Crippen LogP contribution in [0.2, 0.25) is 0 Å². The van der Waals surface area contributed by atoms with Crippen molar-refractivity contribution in [3.8, 4) is 0 Å². The molecule has 0 spiro atoms. The second-order valence-corrected chi connectivity index (χ2v) is 12.9. The molecule has 3 heterocycles. The van der Waals surface area contributed by atoms with Gasteiger partial charge in [0.15, 0.2) is 5.79 Å². The van der Waals surface area contributed by atoms with Crippen LogP contribution in [0.3, 0.4) is 0 Å². The van der Waals surface area contributed by atoms with E-state index >= 15 is 4.79 Å². The van der Waals surface area contributed by atoms with E-state index in [-0.39, 0.29) is 30.3 Å². The molecule has 2 saturated heterocycles. The fraction of sp³-hybridized carbons (Fsp3) is 0.316. The summed E-state index contributed by atoms with van der Waals surface area (Å²) in [6, 6.07) is 35.0. The summed E-state index contributed by atoms with van der Waals surface area (Å²) in [5.74, 6) is -0.796. The zero-order valence-electron chi connectivity index (χ0n) is 26.1. The Morgan fingerprint density at radius 3 is 1.84 bits per heavy atom. The molecule has 45 heavy (non-hydrogen) atoms. The topological polar surface area (TPSA) is 70.7 Å². The Kier molecular flexibility index (Phi) is 7.90. The molecule has 1 N–H and O–H groups in total. The lowest BCUT2D eigenvalue weighted by molar-refractivity contribution is -0.157. The highest BCUT2D eigenvalue weighted by atomic mass is 16.8. The lowest BCUT2D eigenvalue weighted by Gasteiger charge is -2.37. The third kappa shape index (κ3) is 6.23. The van der Waals surface area contributed by atoms with Gasteiger partial charge in [0.25, 0.3) is 0 Å². The van der Waals surface area contributed by atoms with E-state index in [1.54, 1.807) is 0 Å². The quantitative estimate of drug-likeness (QED) is 0.207. The van der Waals surface area contributed by atoms with Crippen LogP contribution >= 0.6 is 0 Å². The van der Waals surface area contributed by atoms with Crippen LogP contribution in [0, 0.1) is 6.92 Å². The average Bonchev–Trinajstić information content (AvgIpc) is 3.62. The number of hydrogen-bond donors (Lipinski definition) is 1. The number of urea groups is 1. The maximum atomic E-state index is 15.2. The monoisotopic (exact) mass is 600 g/mol. The summed E-state index contributed by atoms with van der Waals surface area (Å²) in [5.41, 5.74) is 6.60. The predicted octanol–water partition coefficient (Wildman–Crippen LogP) is 7.05. The van der Waals surface area contributed by atoms with Gasteiger partial charge in [-0.1, -0.05) is 96.6 Å². The van der Waals surface area contributed by atoms with Crippen molar-refractivity contribution in [1.82, 2.24) is 20.0 Å². The van der Waals surface area contributed by atoms with Gasteiger partial charge in [-0.3, -0.25) is 5.10 Å². The molecule has 4 atom stereocenters. The number of rotatable bonds is 8. The molecule has 4 aromatic carbocycles. The van der Waals surface area contributed by atoms with E-state index in [2.05, 4.69) is 102 Å². The molecular formula is C38H40N4O3. The van der Waals surface area contributed by atoms with E-state index in [0.29, 0.717) is 25.9 Å². The van der Waals surface area contributed by atoms with E-state index in [0.717, 1.165) is 33.2 Å². The minimum atomic E-state index is -0.796. The molecule has 7 rings (SSSR count). The smallest absolute Gasteiger partial charge is 0.321 e. The van der Waals surface area contributed by atoms with Gasteiger partial charge in [-0.15, -0.1) is 0 Å². The first-order chi connectivity index (χ1) is 21.8. The van der Waals surface area contributed by atoms with Crippen LogP contribution < -0.4 is 0 Å². The fourth-order valence-electron chi connectivity index (χ4n) is 7.04. The zero-order valence-corrected chi connectivity index (χ0v) is 26.1. The summed E-state index contributed by atoms with van der Waals surface area (Å²) < 4.78 is 13.6. The third-order valence-corrected chi connectivity index (χ3v) is 9.08. The highest BCUT2D eigenvalue weighted by Crippen LogP contribution is 2.40. The van der Waals surface area contributed by atoms with Crippen LogP contribution in [-0.4, -0.2) is 56.1 Å². The van der Waals surface area contributed by atoms with Crippen LogP contribution in [0.4, 0.5) is 4.79 Å². The second-order valence-electron chi connectivity index (χ2n) is 12.9. The first-order valence-electron chi connectivity index (χ1n) is 15.8. The molecule has 2 fully saturated rings. The van der Waals surface area contributed by atoms with Crippen molar-refractivity contribution in [2.75, 3.05) is 0 Å². The molecule has 0 bridgehead atoms. The minimum Gasteiger partial charge on any atom is -0.342 e. The van der Waals surface area contributed by atoms with Gasteiger partial charge < -0.3 is 19.3 Å². The number of aromatic amines is 1. The molecule has 7 nitrogen and oxygen atoms in total. The molecule has 7 heteroatoms. The molecule has 2 aliphatic rings. The summed E-state index contributed by atoms with van der Waals surface area (Å²) >= 11 is 0. The SMILES string of the molecule is Cc1cccc(CN2C(=O)N(Cc3ccc4[nH]ncc4c3)C(Cc3ccccc3)C3OC(C)(C)OC3C2Cc2ccccc2)c1. The predicted molar refractivity (Wildman–Crippen MR) is 175 cm³/mol. The molecule has 1 aromatic heterocycles. The summed E-state index contributed by atoms with van der Waals surface area (Å²) in [4.78, 5) is 19.3. The van der Waals surface area contributed by atoms with Crippen molar-refractivity contribution in [1.29, 1.82) is 0 Å². The number of ether oxygens (including phenoxy) is 2. The molecular weight excluding hydrogens is 560 g/mol. The normalized spacial score (nSPS) is 22.9. The number of H-pyrrole nitrogens is 1. The molecule has 230 valence electrons. The standard InChI is InChI=1S/C38H40N4O3/c1-26-11-10-16-29(19-26)24-41-33(21-27-12-6-4-7-13-27)35-36(45-38(2,3)44-35)34(22-28-14-8-5-9-15-28)42(37(41)43)25-30-17-18-32-31(20-30)23-39-40-32/h4-20,23,33-36H,21-22,24-25H2,1-3H3,(H,39,40). The van der Waals surface area contributed by atoms with Crippen LogP contribution in [-0.2, 0) is 35.4 Å². The van der Waals surface area contributed by atoms with Gasteiger partial charge in [-0.05, 0) is 68.0 Å². The van der Waals surface area contributed by atoms with Gasteiger partial charge in [0.2, 0.25) is 0 Å². The van der Waals surface area contributed by atoms with Crippen molar-refractivity contribution in [3.63, 3.8) is 0 Å². The summed E-state index contributed by atoms with van der Waals surface area (Å²) in [6.45, 7) is 6.98. The first kappa shape index (κ1) is 29.3. The third-order valence-electron chi connectivity index (χ3n) is 9.08. The van der Waals surface area contributed by atoms with Crippen molar-refractivity contribution < 1.29 is 14.3 Å². The Hall–Kier alpha value is -4.46. The number of amides is 2. The van der Waals surface area contributed by atoms with Crippen molar-refractivity contribution in [3.05, 3.63) is 137 Å². The van der Waals surface area contributed by atoms with Crippen LogP contribution in [0.15, 0.2) is 109 Å². The van der Waals surface area contributed by atoms with Gasteiger partial charge in [0, 0.05) is 18.5 Å². The number of nitrogens with zero attached hydrogens (tertiary/aromatic N) is 3. The maximum Gasteiger partial charge on any atom is 0.321 e. The van der Waals surface area contributed by atoms with E-state index < -0.39 is 5.79 Å². The van der Waals surface area contributed by atoms with Gasteiger partial charge in [0.1, 0.15) is 12.2 Å². The zero-order chi connectivity index (χ0) is 31.0. The lowest BCUT2D eigenvalue weighted by Crippen LogP contribution is -2.51. The summed E-state index contributed by atoms with van der Waals surface area (Å²) in [7, 11) is 0. The Labute approximate surface area is 264 Å². The summed E-state index contributed by atoms with van der Waals surface area (Å²) in [6.07, 6.45) is 2.47. The van der Waals surface area contributed by atoms with E-state index in [4.69, 9.17) is 9.47 Å². The molecule has 5 aromatic rings. The minimum absolute atomic E-state index is 0.00920. The Balaban J connectivity index is 1.36. The highest BCUT2D eigenvalue weighted by Gasteiger charge is 2.55. The molecule has 2 aliphatic heterocycles. The molecule has 0 aliphatic carbocycles. The van der Waals surface area contributed by atoms with Crippen molar-refractivity contribution in [2.45, 2.75) is 76.8 Å². The van der Waals surface area contributed by atoms with Gasteiger partial charge in [-0.2, -0.15) is 5.10 Å². The Morgan fingerprint density at radius 1 is 0.711 bits per heavy atom. The lowest BCUT2D eigenvalue weighted by atomic mass is 9.91.